The van der Waals surface area contributed by atoms with Gasteiger partial charge in [0.1, 0.15) is 18.5 Å². The van der Waals surface area contributed by atoms with Crippen LogP contribution in [0.1, 0.15) is 22.6 Å². The Bertz CT molecular complexity index is 1590. The van der Waals surface area contributed by atoms with Crippen LogP contribution in [0.4, 0.5) is 0 Å². The van der Waals surface area contributed by atoms with Crippen LogP contribution in [-0.4, -0.2) is 83.5 Å². The van der Waals surface area contributed by atoms with Crippen LogP contribution in [0.2, 0.25) is 0 Å². The fourth-order valence-electron chi connectivity index (χ4n) is 4.22. The van der Waals surface area contributed by atoms with Crippen LogP contribution in [0, 0.1) is 0 Å². The molecule has 16 heteroatoms. The molecule has 0 bridgehead atoms. The smallest absolute Gasteiger partial charge is 0.237 e. The Labute approximate surface area is 285 Å². The molecule has 0 aliphatic carbocycles. The maximum absolute atomic E-state index is 11.5. The van der Waals surface area contributed by atoms with Gasteiger partial charge in [-0.1, -0.05) is 12.2 Å². The van der Waals surface area contributed by atoms with Crippen molar-refractivity contribution in [2.75, 3.05) is 37.9 Å². The van der Waals surface area contributed by atoms with E-state index in [1.807, 2.05) is 20.2 Å². The standard InChI is InChI=1S/C14H15ClN4OS.C12H14N4S.C2H2Cl2O.ClH/c1-18-9-16-14(17-18)12-3-2-11(21-12)10-4-6-19(7-5-10)13(20)8-15;1-16-8-14-12(15-16)11-3-2-10(17-11)9-4-6-13-7-5-9;3-1-2(4)5;/h2-4,9H,5-8H2,1H3;2-4,8,13H,5-7H2,1H3;1H2;1H. The normalized spacial score (nSPS) is 14.2. The largest absolute Gasteiger partial charge is 0.338 e. The molecule has 6 heterocycles. The molecule has 0 radical (unpaired) electrons. The Morgan fingerprint density at radius 1 is 0.841 bits per heavy atom. The van der Waals surface area contributed by atoms with E-state index in [0.717, 1.165) is 53.9 Å². The Kier molecular flexibility index (Phi) is 14.5. The second-order valence-corrected chi connectivity index (χ2v) is 12.6. The Balaban J connectivity index is 0.000000208. The Hall–Kier alpha value is -2.58. The predicted octanol–water partition coefficient (Wildman–Crippen LogP) is 5.73. The Morgan fingerprint density at radius 3 is 1.75 bits per heavy atom. The highest BCUT2D eigenvalue weighted by molar-refractivity contribution is 7.16. The van der Waals surface area contributed by atoms with Crippen molar-refractivity contribution in [1.29, 1.82) is 0 Å². The average molecular weight is 719 g/mol. The molecule has 2 aliphatic rings. The van der Waals surface area contributed by atoms with Crippen molar-refractivity contribution in [2.24, 2.45) is 14.1 Å². The van der Waals surface area contributed by atoms with E-state index in [2.05, 4.69) is 55.8 Å². The van der Waals surface area contributed by atoms with E-state index in [9.17, 15) is 9.59 Å². The van der Waals surface area contributed by atoms with Gasteiger partial charge in [-0.3, -0.25) is 19.0 Å². The van der Waals surface area contributed by atoms with E-state index >= 15 is 0 Å². The van der Waals surface area contributed by atoms with E-state index in [1.165, 1.54) is 20.9 Å². The van der Waals surface area contributed by atoms with Gasteiger partial charge in [-0.25, -0.2) is 9.97 Å². The molecule has 1 amide bonds. The number of alkyl halides is 2. The lowest BCUT2D eigenvalue weighted by Crippen LogP contribution is -2.35. The molecule has 2 aliphatic heterocycles. The van der Waals surface area contributed by atoms with Crippen LogP contribution < -0.4 is 5.32 Å². The number of amides is 1. The zero-order valence-corrected chi connectivity index (χ0v) is 28.8. The third-order valence-corrected chi connectivity index (χ3v) is 9.39. The third-order valence-electron chi connectivity index (χ3n) is 6.33. The molecule has 0 atom stereocenters. The van der Waals surface area contributed by atoms with E-state index < -0.39 is 5.24 Å². The molecular weight excluding hydrogens is 686 g/mol. The molecule has 0 unspecified atom stereocenters. The van der Waals surface area contributed by atoms with Crippen molar-refractivity contribution >= 4 is 92.2 Å². The number of halogens is 4. The summed E-state index contributed by atoms with van der Waals surface area (Å²) in [4.78, 5) is 36.1. The van der Waals surface area contributed by atoms with Gasteiger partial charge in [-0.15, -0.1) is 58.3 Å². The summed E-state index contributed by atoms with van der Waals surface area (Å²) in [6, 6.07) is 8.43. The number of thiophene rings is 2. The van der Waals surface area contributed by atoms with Gasteiger partial charge >= 0.3 is 0 Å². The van der Waals surface area contributed by atoms with Crippen LogP contribution in [0.15, 0.2) is 49.1 Å². The lowest BCUT2D eigenvalue weighted by molar-refractivity contribution is -0.128. The summed E-state index contributed by atoms with van der Waals surface area (Å²) in [7, 11) is 3.75. The van der Waals surface area contributed by atoms with Crippen molar-refractivity contribution in [3.8, 4) is 21.4 Å². The summed E-state index contributed by atoms with van der Waals surface area (Å²) in [6.07, 6.45) is 9.77. The molecule has 10 nitrogen and oxygen atoms in total. The molecule has 6 rings (SSSR count). The number of nitrogens with zero attached hydrogens (tertiary/aromatic N) is 7. The summed E-state index contributed by atoms with van der Waals surface area (Å²) in [5.41, 5.74) is 2.72. The molecule has 4 aromatic rings. The minimum Gasteiger partial charge on any atom is -0.338 e. The minimum absolute atomic E-state index is 0. The van der Waals surface area contributed by atoms with Gasteiger partial charge in [0.25, 0.3) is 0 Å². The monoisotopic (exact) mass is 716 g/mol. The predicted molar refractivity (Wildman–Crippen MR) is 183 cm³/mol. The first kappa shape index (κ1) is 35.9. The number of hydrogen-bond acceptors (Lipinski definition) is 9. The molecule has 4 aromatic heterocycles. The summed E-state index contributed by atoms with van der Waals surface area (Å²) in [6.45, 7) is 3.41. The molecule has 0 spiro atoms. The van der Waals surface area contributed by atoms with E-state index in [4.69, 9.17) is 34.8 Å². The van der Waals surface area contributed by atoms with Gasteiger partial charge in [-0.2, -0.15) is 10.2 Å². The van der Waals surface area contributed by atoms with Crippen LogP contribution >= 0.6 is 69.9 Å². The van der Waals surface area contributed by atoms with Gasteiger partial charge in [-0.05, 0) is 66.4 Å². The fourth-order valence-corrected chi connectivity index (χ4v) is 6.41. The van der Waals surface area contributed by atoms with Crippen molar-refractivity contribution in [1.82, 2.24) is 39.7 Å². The van der Waals surface area contributed by atoms with E-state index in [1.54, 1.807) is 49.6 Å². The van der Waals surface area contributed by atoms with Crippen LogP contribution in [0.25, 0.3) is 32.5 Å². The van der Waals surface area contributed by atoms with E-state index in [0.29, 0.717) is 6.54 Å². The number of rotatable bonds is 6. The van der Waals surface area contributed by atoms with Crippen molar-refractivity contribution in [2.45, 2.75) is 12.8 Å². The zero-order chi connectivity index (χ0) is 30.8. The first-order valence-corrected chi connectivity index (χ1v) is 16.4. The number of nitrogens with one attached hydrogen (secondary N) is 1. The number of aryl methyl sites for hydroxylation is 2. The second-order valence-electron chi connectivity index (χ2n) is 9.44. The third kappa shape index (κ3) is 10.2. The highest BCUT2D eigenvalue weighted by atomic mass is 35.5. The quantitative estimate of drug-likeness (QED) is 0.200. The summed E-state index contributed by atoms with van der Waals surface area (Å²) >= 11 is 18.6. The average Bonchev–Trinajstić information content (AvgIpc) is 3.85. The fraction of sp³-hybridized carbons (Fsp3) is 0.357. The van der Waals surface area contributed by atoms with Crippen LogP contribution in [-0.2, 0) is 23.7 Å². The number of aromatic nitrogens is 6. The molecule has 0 aromatic carbocycles. The maximum atomic E-state index is 11.5. The molecule has 0 saturated carbocycles. The first-order chi connectivity index (χ1) is 20.8. The van der Waals surface area contributed by atoms with Crippen molar-refractivity contribution in [3.63, 3.8) is 0 Å². The second kappa shape index (κ2) is 17.8. The molecule has 44 heavy (non-hydrogen) atoms. The molecule has 1 N–H and O–H groups in total. The molecule has 0 saturated heterocycles. The lowest BCUT2D eigenvalue weighted by atomic mass is 10.1. The number of carbonyl (C=O) groups excluding carboxylic acids is 2. The van der Waals surface area contributed by atoms with Crippen LogP contribution in [0.5, 0.6) is 0 Å². The zero-order valence-electron chi connectivity index (χ0n) is 24.1. The molecule has 0 fully saturated rings. The summed E-state index contributed by atoms with van der Waals surface area (Å²) in [5, 5.41) is 11.5. The topological polar surface area (TPSA) is 111 Å². The van der Waals surface area contributed by atoms with Crippen molar-refractivity contribution in [3.05, 3.63) is 58.8 Å². The van der Waals surface area contributed by atoms with Crippen LogP contribution in [0.3, 0.4) is 0 Å². The van der Waals surface area contributed by atoms with Gasteiger partial charge in [0.05, 0.1) is 15.6 Å². The van der Waals surface area contributed by atoms with Crippen molar-refractivity contribution < 1.29 is 9.59 Å². The molecule has 236 valence electrons. The maximum Gasteiger partial charge on any atom is 0.237 e. The summed E-state index contributed by atoms with van der Waals surface area (Å²) in [5.74, 6) is 1.53. The Morgan fingerprint density at radius 2 is 1.36 bits per heavy atom. The summed E-state index contributed by atoms with van der Waals surface area (Å²) < 4.78 is 3.43. The van der Waals surface area contributed by atoms with Gasteiger partial charge < -0.3 is 10.2 Å². The number of hydrogen-bond donors (Lipinski definition) is 1. The molecular formula is C28H32Cl4N8O2S2. The SMILES string of the molecule is Cl.Cn1cnc(-c2ccc(C3=CCN(C(=O)CCl)CC3)s2)n1.Cn1cnc(-c2ccc(C3=CCNCC3)s2)n1.O=C(Cl)CCl. The highest BCUT2D eigenvalue weighted by Gasteiger charge is 2.18. The van der Waals surface area contributed by atoms with Gasteiger partial charge in [0, 0.05) is 43.5 Å². The number of carbonyl (C=O) groups is 2. The minimum atomic E-state index is -0.508. The first-order valence-electron chi connectivity index (χ1n) is 13.4. The van der Waals surface area contributed by atoms with Gasteiger partial charge in [0.2, 0.25) is 11.1 Å². The lowest BCUT2D eigenvalue weighted by Gasteiger charge is -2.25. The van der Waals surface area contributed by atoms with Gasteiger partial charge in [0.15, 0.2) is 11.6 Å². The van der Waals surface area contributed by atoms with E-state index in [-0.39, 0.29) is 30.1 Å². The highest BCUT2D eigenvalue weighted by Crippen LogP contribution is 2.33.